The topological polar surface area (TPSA) is 61.7 Å². The summed E-state index contributed by atoms with van der Waals surface area (Å²) in [5.74, 6) is 0.861. The Morgan fingerprint density at radius 1 is 1.03 bits per heavy atom. The van der Waals surface area contributed by atoms with Crippen LogP contribution in [0.25, 0.3) is 0 Å². The summed E-state index contributed by atoms with van der Waals surface area (Å²) in [6, 6.07) is 10.7. The number of rotatable bonds is 3. The number of para-hydroxylation sites is 1. The summed E-state index contributed by atoms with van der Waals surface area (Å²) < 4.78 is 1.66. The molecule has 1 saturated heterocycles. The van der Waals surface area contributed by atoms with Gasteiger partial charge in [-0.15, -0.1) is 0 Å². The van der Waals surface area contributed by atoms with Gasteiger partial charge in [-0.05, 0) is 55.7 Å². The Kier molecular flexibility index (Phi) is 6.23. The van der Waals surface area contributed by atoms with Gasteiger partial charge in [-0.3, -0.25) is 19.2 Å². The van der Waals surface area contributed by atoms with Gasteiger partial charge in [-0.1, -0.05) is 24.6 Å². The number of carbonyl (C=O) groups excluding carboxylic acids is 2. The summed E-state index contributed by atoms with van der Waals surface area (Å²) >= 11 is 0. The second-order valence-electron chi connectivity index (χ2n) is 9.99. The first kappa shape index (κ1) is 22.1. The van der Waals surface area contributed by atoms with Crippen LogP contribution >= 0.6 is 0 Å². The fraction of sp³-hybridized carbons (Fsp3) is 0.577. The highest BCUT2D eigenvalue weighted by Gasteiger charge is 2.37. The lowest BCUT2D eigenvalue weighted by Crippen LogP contribution is -2.53. The maximum atomic E-state index is 13.7. The van der Waals surface area contributed by atoms with E-state index in [0.717, 1.165) is 43.1 Å². The molecule has 7 heteroatoms. The predicted octanol–water partition coefficient (Wildman–Crippen LogP) is 3.45. The summed E-state index contributed by atoms with van der Waals surface area (Å²) in [7, 11) is 1.82. The van der Waals surface area contributed by atoms with Gasteiger partial charge in [-0.2, -0.15) is 5.10 Å². The van der Waals surface area contributed by atoms with Crippen molar-refractivity contribution in [2.24, 2.45) is 13.0 Å². The van der Waals surface area contributed by atoms with Crippen LogP contribution in [0.15, 0.2) is 36.5 Å². The van der Waals surface area contributed by atoms with Gasteiger partial charge in [0.1, 0.15) is 5.69 Å². The number of carbonyl (C=O) groups is 2. The number of hydrogen-bond acceptors (Lipinski definition) is 4. The number of amides is 2. The summed E-state index contributed by atoms with van der Waals surface area (Å²) in [5, 5.41) is 4.23. The van der Waals surface area contributed by atoms with Crippen molar-refractivity contribution in [1.82, 2.24) is 19.6 Å². The SMILES string of the molecule is CC(=O)N1CCC2CCCC(CN(C(=O)c3ccnn3C)Cc3ccccc31)N2CC1CC1. The largest absolute Gasteiger partial charge is 0.331 e. The molecule has 2 fully saturated rings. The van der Waals surface area contributed by atoms with Crippen molar-refractivity contribution < 1.29 is 9.59 Å². The molecule has 1 saturated carbocycles. The molecule has 5 rings (SSSR count). The van der Waals surface area contributed by atoms with E-state index in [1.165, 1.54) is 25.7 Å². The molecule has 0 N–H and O–H groups in total. The third-order valence-corrected chi connectivity index (χ3v) is 7.65. The third kappa shape index (κ3) is 4.69. The fourth-order valence-electron chi connectivity index (χ4n) is 5.68. The van der Waals surface area contributed by atoms with Crippen molar-refractivity contribution in [2.75, 3.05) is 24.5 Å². The molecule has 33 heavy (non-hydrogen) atoms. The van der Waals surface area contributed by atoms with E-state index in [2.05, 4.69) is 16.1 Å². The van der Waals surface area contributed by atoms with Crippen LogP contribution in [-0.4, -0.2) is 63.1 Å². The Labute approximate surface area is 196 Å². The molecule has 2 aliphatic heterocycles. The van der Waals surface area contributed by atoms with Gasteiger partial charge in [0, 0.05) is 64.1 Å². The van der Waals surface area contributed by atoms with Crippen molar-refractivity contribution in [1.29, 1.82) is 0 Å². The van der Waals surface area contributed by atoms with Crippen LogP contribution in [0.3, 0.4) is 0 Å². The van der Waals surface area contributed by atoms with E-state index in [4.69, 9.17) is 0 Å². The Morgan fingerprint density at radius 2 is 1.82 bits per heavy atom. The number of anilines is 1. The van der Waals surface area contributed by atoms with Crippen molar-refractivity contribution >= 4 is 17.5 Å². The maximum absolute atomic E-state index is 13.7. The van der Waals surface area contributed by atoms with Gasteiger partial charge in [0.25, 0.3) is 5.91 Å². The maximum Gasteiger partial charge on any atom is 0.272 e. The number of benzene rings is 1. The molecule has 3 aliphatic rings. The molecule has 2 unspecified atom stereocenters. The second-order valence-corrected chi connectivity index (χ2v) is 9.99. The minimum Gasteiger partial charge on any atom is -0.331 e. The monoisotopic (exact) mass is 449 g/mol. The first-order valence-corrected chi connectivity index (χ1v) is 12.4. The summed E-state index contributed by atoms with van der Waals surface area (Å²) in [5.41, 5.74) is 2.55. The van der Waals surface area contributed by atoms with Crippen molar-refractivity contribution in [3.8, 4) is 0 Å². The predicted molar refractivity (Wildman–Crippen MR) is 128 cm³/mol. The molecule has 2 bridgehead atoms. The van der Waals surface area contributed by atoms with Crippen LogP contribution in [-0.2, 0) is 18.4 Å². The van der Waals surface area contributed by atoms with E-state index in [0.29, 0.717) is 30.9 Å². The highest BCUT2D eigenvalue weighted by Crippen LogP contribution is 2.36. The fourth-order valence-corrected chi connectivity index (χ4v) is 5.68. The Balaban J connectivity index is 1.55. The van der Waals surface area contributed by atoms with E-state index < -0.39 is 0 Å². The van der Waals surface area contributed by atoms with Gasteiger partial charge < -0.3 is 9.80 Å². The number of nitrogens with zero attached hydrogens (tertiary/aromatic N) is 5. The lowest BCUT2D eigenvalue weighted by molar-refractivity contribution is -0.116. The lowest BCUT2D eigenvalue weighted by Gasteiger charge is -2.44. The van der Waals surface area contributed by atoms with Gasteiger partial charge in [0.15, 0.2) is 0 Å². The van der Waals surface area contributed by atoms with Crippen LogP contribution < -0.4 is 4.90 Å². The lowest BCUT2D eigenvalue weighted by atomic mass is 9.92. The molecule has 2 aromatic rings. The standard InChI is InChI=1S/C26H35N5O2/c1-19(32)30-15-13-22-7-5-8-23(31(22)16-20-10-11-20)18-29(17-21-6-3-4-9-24(21)30)26(33)25-12-14-27-28(25)2/h3-4,6,9,12,14,20,22-23H,5,7-8,10-11,13,15-18H2,1-2H3. The molecule has 0 radical (unpaired) electrons. The van der Waals surface area contributed by atoms with Gasteiger partial charge in [0.2, 0.25) is 5.91 Å². The van der Waals surface area contributed by atoms with Gasteiger partial charge in [-0.25, -0.2) is 0 Å². The van der Waals surface area contributed by atoms with E-state index in [-0.39, 0.29) is 11.8 Å². The van der Waals surface area contributed by atoms with E-state index >= 15 is 0 Å². The molecule has 2 amide bonds. The highest BCUT2D eigenvalue weighted by atomic mass is 16.2. The number of piperidine rings is 1. The molecule has 1 aliphatic carbocycles. The molecule has 2 atom stereocenters. The van der Waals surface area contributed by atoms with Crippen LogP contribution in [0.1, 0.15) is 61.5 Å². The molecule has 0 spiro atoms. The molecule has 1 aromatic heterocycles. The smallest absolute Gasteiger partial charge is 0.272 e. The van der Waals surface area contributed by atoms with Gasteiger partial charge >= 0.3 is 0 Å². The molecule has 3 heterocycles. The van der Waals surface area contributed by atoms with Crippen LogP contribution in [0.5, 0.6) is 0 Å². The third-order valence-electron chi connectivity index (χ3n) is 7.65. The van der Waals surface area contributed by atoms with E-state index in [1.54, 1.807) is 23.9 Å². The van der Waals surface area contributed by atoms with Crippen LogP contribution in [0.4, 0.5) is 5.69 Å². The quantitative estimate of drug-likeness (QED) is 0.720. The Hall–Kier alpha value is -2.67. The molecule has 1 aromatic carbocycles. The van der Waals surface area contributed by atoms with Crippen molar-refractivity contribution in [3.63, 3.8) is 0 Å². The summed E-state index contributed by atoms with van der Waals surface area (Å²) in [6.07, 6.45) is 8.77. The second kappa shape index (κ2) is 9.29. The first-order valence-electron chi connectivity index (χ1n) is 12.4. The molecule has 176 valence electrons. The molecular formula is C26H35N5O2. The highest BCUT2D eigenvalue weighted by molar-refractivity contribution is 5.94. The van der Waals surface area contributed by atoms with Crippen molar-refractivity contribution in [3.05, 3.63) is 47.8 Å². The average molecular weight is 450 g/mol. The zero-order valence-electron chi connectivity index (χ0n) is 19.8. The van der Waals surface area contributed by atoms with Crippen LogP contribution in [0, 0.1) is 5.92 Å². The van der Waals surface area contributed by atoms with E-state index in [1.807, 2.05) is 35.0 Å². The minimum atomic E-state index is 0.00641. The summed E-state index contributed by atoms with van der Waals surface area (Å²) in [6.45, 7) is 4.70. The molecular weight excluding hydrogens is 414 g/mol. The number of fused-ring (bicyclic) bond motifs is 3. The van der Waals surface area contributed by atoms with E-state index in [9.17, 15) is 9.59 Å². The summed E-state index contributed by atoms with van der Waals surface area (Å²) in [4.78, 5) is 33.1. The Bertz CT molecular complexity index is 1010. The van der Waals surface area contributed by atoms with Crippen LogP contribution in [0.2, 0.25) is 0 Å². The zero-order valence-corrected chi connectivity index (χ0v) is 19.8. The number of aromatic nitrogens is 2. The first-order chi connectivity index (χ1) is 16.0. The number of aryl methyl sites for hydroxylation is 1. The van der Waals surface area contributed by atoms with Gasteiger partial charge in [0.05, 0.1) is 0 Å². The molecule has 7 nitrogen and oxygen atoms in total. The number of hydrogen-bond donors (Lipinski definition) is 0. The normalized spacial score (nSPS) is 24.2. The zero-order chi connectivity index (χ0) is 22.9. The minimum absolute atomic E-state index is 0.00641. The average Bonchev–Trinajstić information content (AvgIpc) is 3.52. The van der Waals surface area contributed by atoms with Crippen molar-refractivity contribution in [2.45, 2.75) is 64.1 Å². The Morgan fingerprint density at radius 3 is 2.55 bits per heavy atom.